The third kappa shape index (κ3) is 5.63. The van der Waals surface area contributed by atoms with Crippen LogP contribution in [-0.4, -0.2) is 30.5 Å². The van der Waals surface area contributed by atoms with E-state index in [-0.39, 0.29) is 40.7 Å². The fourth-order valence-electron chi connectivity index (χ4n) is 3.26. The van der Waals surface area contributed by atoms with Gasteiger partial charge in [0.1, 0.15) is 5.75 Å². The SMILES string of the molecule is CC1CCC(NC(=O)CCc2nc(CS(=O)(=O)c3ccccc3)no2)CC1. The van der Waals surface area contributed by atoms with Gasteiger partial charge in [0.2, 0.25) is 11.8 Å². The monoisotopic (exact) mass is 391 g/mol. The van der Waals surface area contributed by atoms with Crippen LogP contribution in [0.15, 0.2) is 39.8 Å². The van der Waals surface area contributed by atoms with Crippen molar-refractivity contribution in [2.75, 3.05) is 0 Å². The van der Waals surface area contributed by atoms with Crippen molar-refractivity contribution in [3.05, 3.63) is 42.0 Å². The van der Waals surface area contributed by atoms with Crippen LogP contribution in [0.5, 0.6) is 0 Å². The van der Waals surface area contributed by atoms with Gasteiger partial charge in [-0.2, -0.15) is 4.98 Å². The maximum Gasteiger partial charge on any atom is 0.227 e. The minimum absolute atomic E-state index is 0.0359. The van der Waals surface area contributed by atoms with E-state index in [1.54, 1.807) is 18.2 Å². The number of aryl methyl sites for hydroxylation is 1. The van der Waals surface area contributed by atoms with Crippen LogP contribution in [0.25, 0.3) is 0 Å². The van der Waals surface area contributed by atoms with E-state index in [4.69, 9.17) is 4.52 Å². The van der Waals surface area contributed by atoms with E-state index in [1.165, 1.54) is 12.1 Å². The van der Waals surface area contributed by atoms with E-state index < -0.39 is 9.84 Å². The fourth-order valence-corrected chi connectivity index (χ4v) is 4.45. The first-order valence-electron chi connectivity index (χ1n) is 9.31. The molecule has 0 aliphatic heterocycles. The van der Waals surface area contributed by atoms with Gasteiger partial charge in [0.15, 0.2) is 15.7 Å². The number of rotatable bonds is 7. The molecule has 1 aliphatic rings. The highest BCUT2D eigenvalue weighted by Crippen LogP contribution is 2.23. The second-order valence-electron chi connectivity index (χ2n) is 7.20. The van der Waals surface area contributed by atoms with Gasteiger partial charge in [-0.15, -0.1) is 0 Å². The van der Waals surface area contributed by atoms with Gasteiger partial charge in [-0.1, -0.05) is 30.3 Å². The molecule has 1 saturated carbocycles. The van der Waals surface area contributed by atoms with Crippen molar-refractivity contribution >= 4 is 15.7 Å². The molecule has 1 N–H and O–H groups in total. The molecule has 0 bridgehead atoms. The molecule has 1 aromatic carbocycles. The zero-order chi connectivity index (χ0) is 19.3. The molecule has 27 heavy (non-hydrogen) atoms. The van der Waals surface area contributed by atoms with Crippen LogP contribution in [0.2, 0.25) is 0 Å². The van der Waals surface area contributed by atoms with Crippen molar-refractivity contribution in [3.8, 4) is 0 Å². The Morgan fingerprint density at radius 3 is 2.59 bits per heavy atom. The molecule has 0 radical (unpaired) electrons. The normalized spacial score (nSPS) is 20.3. The van der Waals surface area contributed by atoms with Crippen molar-refractivity contribution in [1.29, 1.82) is 0 Å². The highest BCUT2D eigenvalue weighted by Gasteiger charge is 2.21. The summed E-state index contributed by atoms with van der Waals surface area (Å²) in [6.45, 7) is 2.24. The van der Waals surface area contributed by atoms with Gasteiger partial charge in [0.05, 0.1) is 4.90 Å². The van der Waals surface area contributed by atoms with Crippen molar-refractivity contribution in [2.45, 2.75) is 62.1 Å². The summed E-state index contributed by atoms with van der Waals surface area (Å²) in [6, 6.07) is 8.41. The maximum absolute atomic E-state index is 12.3. The number of aromatic nitrogens is 2. The van der Waals surface area contributed by atoms with E-state index in [9.17, 15) is 13.2 Å². The molecule has 7 nitrogen and oxygen atoms in total. The molecule has 1 amide bonds. The van der Waals surface area contributed by atoms with Gasteiger partial charge in [-0.25, -0.2) is 8.42 Å². The number of benzene rings is 1. The predicted molar refractivity (Wildman–Crippen MR) is 99.5 cm³/mol. The number of nitrogens with zero attached hydrogens (tertiary/aromatic N) is 2. The smallest absolute Gasteiger partial charge is 0.227 e. The molecule has 0 saturated heterocycles. The Labute approximate surface area is 159 Å². The summed E-state index contributed by atoms with van der Waals surface area (Å²) >= 11 is 0. The molecule has 1 fully saturated rings. The molecule has 146 valence electrons. The molecule has 1 aliphatic carbocycles. The van der Waals surface area contributed by atoms with E-state index in [0.29, 0.717) is 6.42 Å². The molecule has 0 atom stereocenters. The lowest BCUT2D eigenvalue weighted by molar-refractivity contribution is -0.122. The number of nitrogens with one attached hydrogen (secondary N) is 1. The molecular formula is C19H25N3O4S. The quantitative estimate of drug-likeness (QED) is 0.778. The van der Waals surface area contributed by atoms with Crippen molar-refractivity contribution in [2.24, 2.45) is 5.92 Å². The highest BCUT2D eigenvalue weighted by atomic mass is 32.2. The third-order valence-corrected chi connectivity index (χ3v) is 6.51. The van der Waals surface area contributed by atoms with Crippen LogP contribution >= 0.6 is 0 Å². The summed E-state index contributed by atoms with van der Waals surface area (Å²) in [7, 11) is -3.52. The van der Waals surface area contributed by atoms with Crippen molar-refractivity contribution in [1.82, 2.24) is 15.5 Å². The van der Waals surface area contributed by atoms with Gasteiger partial charge in [0.25, 0.3) is 0 Å². The van der Waals surface area contributed by atoms with Gasteiger partial charge in [-0.05, 0) is 43.7 Å². The Morgan fingerprint density at radius 2 is 1.89 bits per heavy atom. The molecular weight excluding hydrogens is 366 g/mol. The van der Waals surface area contributed by atoms with Crippen LogP contribution < -0.4 is 5.32 Å². The molecule has 8 heteroatoms. The number of carbonyl (C=O) groups is 1. The molecule has 3 rings (SSSR count). The molecule has 1 aromatic heterocycles. The summed E-state index contributed by atoms with van der Waals surface area (Å²) in [5.74, 6) is 0.761. The van der Waals surface area contributed by atoms with Crippen molar-refractivity contribution in [3.63, 3.8) is 0 Å². The zero-order valence-corrected chi connectivity index (χ0v) is 16.2. The number of sulfone groups is 1. The summed E-state index contributed by atoms with van der Waals surface area (Å²) in [5, 5.41) is 6.78. The van der Waals surface area contributed by atoms with Gasteiger partial charge < -0.3 is 9.84 Å². The first-order chi connectivity index (χ1) is 12.9. The van der Waals surface area contributed by atoms with Crippen LogP contribution in [0.4, 0.5) is 0 Å². The van der Waals surface area contributed by atoms with Crippen LogP contribution in [0.3, 0.4) is 0 Å². The minimum atomic E-state index is -3.52. The third-order valence-electron chi connectivity index (χ3n) is 4.88. The first kappa shape index (κ1) is 19.5. The van der Waals surface area contributed by atoms with E-state index >= 15 is 0 Å². The molecule has 0 spiro atoms. The van der Waals surface area contributed by atoms with Gasteiger partial charge in [-0.3, -0.25) is 4.79 Å². The summed E-state index contributed by atoms with van der Waals surface area (Å²) in [5.41, 5.74) is 0. The van der Waals surface area contributed by atoms with E-state index in [2.05, 4.69) is 22.4 Å². The first-order valence-corrected chi connectivity index (χ1v) is 11.0. The summed E-state index contributed by atoms with van der Waals surface area (Å²) in [4.78, 5) is 16.4. The van der Waals surface area contributed by atoms with Crippen LogP contribution in [0, 0.1) is 5.92 Å². The Kier molecular flexibility index (Phi) is 6.26. The van der Waals surface area contributed by atoms with E-state index in [1.807, 2.05) is 0 Å². The topological polar surface area (TPSA) is 102 Å². The predicted octanol–water partition coefficient (Wildman–Crippen LogP) is 2.67. The van der Waals surface area contributed by atoms with Crippen LogP contribution in [-0.2, 0) is 26.8 Å². The lowest BCUT2D eigenvalue weighted by Gasteiger charge is -2.26. The second kappa shape index (κ2) is 8.65. The zero-order valence-electron chi connectivity index (χ0n) is 15.4. The standard InChI is InChI=1S/C19H25N3O4S/c1-14-7-9-15(10-8-14)20-18(23)11-12-19-21-17(22-26-19)13-27(24,25)16-5-3-2-4-6-16/h2-6,14-15H,7-13H2,1H3,(H,20,23). The largest absolute Gasteiger partial charge is 0.353 e. The van der Waals surface area contributed by atoms with Gasteiger partial charge >= 0.3 is 0 Å². The Hall–Kier alpha value is -2.22. The summed E-state index contributed by atoms with van der Waals surface area (Å²) < 4.78 is 29.8. The number of carbonyl (C=O) groups excluding carboxylic acids is 1. The fraction of sp³-hybridized carbons (Fsp3) is 0.526. The lowest BCUT2D eigenvalue weighted by atomic mass is 9.87. The van der Waals surface area contributed by atoms with Crippen LogP contribution in [0.1, 0.15) is 50.7 Å². The Bertz CT molecular complexity index is 856. The second-order valence-corrected chi connectivity index (χ2v) is 9.19. The number of hydrogen-bond acceptors (Lipinski definition) is 6. The average molecular weight is 391 g/mol. The van der Waals surface area contributed by atoms with Crippen molar-refractivity contribution < 1.29 is 17.7 Å². The van der Waals surface area contributed by atoms with E-state index in [0.717, 1.165) is 31.6 Å². The molecule has 1 heterocycles. The summed E-state index contributed by atoms with van der Waals surface area (Å²) in [6.07, 6.45) is 4.89. The number of amides is 1. The molecule has 2 aromatic rings. The molecule has 0 unspecified atom stereocenters. The average Bonchev–Trinajstić information content (AvgIpc) is 3.09. The Morgan fingerprint density at radius 1 is 1.19 bits per heavy atom. The number of hydrogen-bond donors (Lipinski definition) is 1. The van der Waals surface area contributed by atoms with Gasteiger partial charge in [0, 0.05) is 18.9 Å². The highest BCUT2D eigenvalue weighted by molar-refractivity contribution is 7.90. The minimum Gasteiger partial charge on any atom is -0.353 e. The Balaban J connectivity index is 1.49. The maximum atomic E-state index is 12.3. The lowest BCUT2D eigenvalue weighted by Crippen LogP contribution is -2.37.